The van der Waals surface area contributed by atoms with E-state index < -0.39 is 20.2 Å². The smallest absolute Gasteiger partial charge is 0.744 e. The molecule has 0 aromatic heterocycles. The Balaban J connectivity index is 0.000000192. The van der Waals surface area contributed by atoms with E-state index in [0.29, 0.717) is 32.9 Å². The van der Waals surface area contributed by atoms with Crippen molar-refractivity contribution in [2.45, 2.75) is 9.79 Å². The van der Waals surface area contributed by atoms with Crippen molar-refractivity contribution in [1.29, 1.82) is 0 Å². The van der Waals surface area contributed by atoms with Gasteiger partial charge in [-0.15, -0.1) is 0 Å². The number of para-hydroxylation sites is 2. The Morgan fingerprint density at radius 3 is 1.07 bits per heavy atom. The first-order chi connectivity index (χ1) is 20.1. The summed E-state index contributed by atoms with van der Waals surface area (Å²) in [6.45, 7) is 0. The van der Waals surface area contributed by atoms with Crippen LogP contribution in [0.1, 0.15) is 0 Å². The second-order valence-electron chi connectivity index (χ2n) is 9.21. The Hall–Kier alpha value is -3.97. The molecule has 0 spiro atoms. The van der Waals surface area contributed by atoms with Crippen LogP contribution in [0.5, 0.6) is 0 Å². The minimum atomic E-state index is -4.53. The first kappa shape index (κ1) is 32.0. The molecule has 0 heterocycles. The van der Waals surface area contributed by atoms with Gasteiger partial charge < -0.3 is 19.7 Å². The Kier molecular flexibility index (Phi) is 10.1. The summed E-state index contributed by atoms with van der Waals surface area (Å²) >= 11 is 0. The van der Waals surface area contributed by atoms with Crippen LogP contribution in [0, 0.1) is 0 Å². The summed E-state index contributed by atoms with van der Waals surface area (Å²) in [4.78, 5) is -0.418. The molecule has 0 radical (unpaired) electrons. The van der Waals surface area contributed by atoms with Gasteiger partial charge in [-0.05, 0) is 59.3 Å². The van der Waals surface area contributed by atoms with Crippen LogP contribution in [0.3, 0.4) is 0 Å². The molecule has 0 aliphatic rings. The molecule has 2 N–H and O–H groups in total. The summed E-state index contributed by atoms with van der Waals surface area (Å²) in [5.74, 6) is 0. The van der Waals surface area contributed by atoms with E-state index in [2.05, 4.69) is 10.6 Å². The number of anilines is 4. The Morgan fingerprint density at radius 1 is 0.419 bits per heavy atom. The molecule has 8 nitrogen and oxygen atoms in total. The van der Waals surface area contributed by atoms with Crippen LogP contribution >= 0.6 is 0 Å². The topological polar surface area (TPSA) is 138 Å². The zero-order chi connectivity index (χ0) is 29.7. The van der Waals surface area contributed by atoms with Gasteiger partial charge in [0, 0.05) is 33.5 Å². The second kappa shape index (κ2) is 13.6. The number of nitrogens with one attached hydrogen (secondary N) is 2. The quantitative estimate of drug-likeness (QED) is 0.157. The zero-order valence-electron chi connectivity index (χ0n) is 22.7. The van der Waals surface area contributed by atoms with E-state index in [1.165, 1.54) is 12.1 Å². The SMILES string of the molecule is O=S(=O)([O-])c1cccc2cccc(Nc3ccccc3)c12.O=S(=O)([O-])c1cccc2cccc(Nc3ccccc3)c12.[Mg+2]. The van der Waals surface area contributed by atoms with Gasteiger partial charge in [-0.3, -0.25) is 0 Å². The van der Waals surface area contributed by atoms with Gasteiger partial charge in [-0.1, -0.05) is 84.9 Å². The van der Waals surface area contributed by atoms with Gasteiger partial charge >= 0.3 is 23.1 Å². The van der Waals surface area contributed by atoms with Crippen LogP contribution in [0.15, 0.2) is 143 Å². The molecular weight excluding hydrogens is 597 g/mol. The molecule has 6 aromatic rings. The van der Waals surface area contributed by atoms with Crippen molar-refractivity contribution in [3.05, 3.63) is 133 Å². The number of hydrogen-bond donors (Lipinski definition) is 2. The third-order valence-electron chi connectivity index (χ3n) is 6.38. The first-order valence-electron chi connectivity index (χ1n) is 12.7. The fourth-order valence-corrected chi connectivity index (χ4v) is 6.04. The molecule has 0 aliphatic heterocycles. The fraction of sp³-hybridized carbons (Fsp3) is 0. The molecule has 0 aliphatic carbocycles. The third kappa shape index (κ3) is 7.71. The maximum absolute atomic E-state index is 11.5. The molecular formula is C32H24MgN2O6S2. The molecule has 0 saturated heterocycles. The van der Waals surface area contributed by atoms with Gasteiger partial charge in [-0.25, -0.2) is 16.8 Å². The molecule has 6 aromatic carbocycles. The van der Waals surface area contributed by atoms with E-state index in [0.717, 1.165) is 11.4 Å². The summed E-state index contributed by atoms with van der Waals surface area (Å²) in [6.07, 6.45) is 0. The monoisotopic (exact) mass is 620 g/mol. The average Bonchev–Trinajstić information content (AvgIpc) is 2.97. The van der Waals surface area contributed by atoms with Gasteiger partial charge in [0.15, 0.2) is 0 Å². The van der Waals surface area contributed by atoms with Crippen molar-refractivity contribution >= 4 is 87.6 Å². The first-order valence-corrected chi connectivity index (χ1v) is 15.5. The summed E-state index contributed by atoms with van der Waals surface area (Å²) in [5.41, 5.74) is 2.83. The van der Waals surface area contributed by atoms with E-state index in [-0.39, 0.29) is 32.8 Å². The Labute approximate surface area is 266 Å². The van der Waals surface area contributed by atoms with E-state index in [1.54, 1.807) is 48.5 Å². The number of fused-ring (bicyclic) bond motifs is 2. The molecule has 0 atom stereocenters. The average molecular weight is 621 g/mol. The predicted molar refractivity (Wildman–Crippen MR) is 169 cm³/mol. The van der Waals surface area contributed by atoms with Crippen LogP contribution in [-0.4, -0.2) is 49.0 Å². The molecule has 0 saturated carbocycles. The third-order valence-corrected chi connectivity index (χ3v) is 8.13. The van der Waals surface area contributed by atoms with Crippen molar-refractivity contribution in [2.24, 2.45) is 0 Å². The molecule has 0 unspecified atom stereocenters. The van der Waals surface area contributed by atoms with Gasteiger partial charge in [-0.2, -0.15) is 0 Å². The largest absolute Gasteiger partial charge is 2.00 e. The number of rotatable bonds is 6. The van der Waals surface area contributed by atoms with E-state index in [4.69, 9.17) is 0 Å². The normalized spacial score (nSPS) is 11.2. The molecule has 0 bridgehead atoms. The van der Waals surface area contributed by atoms with Crippen molar-refractivity contribution in [3.8, 4) is 0 Å². The Bertz CT molecular complexity index is 1930. The molecule has 0 amide bonds. The summed E-state index contributed by atoms with van der Waals surface area (Å²) in [5, 5.41) is 8.55. The maximum Gasteiger partial charge on any atom is 2.00 e. The van der Waals surface area contributed by atoms with E-state index in [9.17, 15) is 25.9 Å². The van der Waals surface area contributed by atoms with Gasteiger partial charge in [0.05, 0.1) is 9.79 Å². The predicted octanol–water partition coefficient (Wildman–Crippen LogP) is 6.59. The van der Waals surface area contributed by atoms with E-state index in [1.807, 2.05) is 72.8 Å². The number of benzene rings is 6. The standard InChI is InChI=1S/2C16H13NO3S.Mg/c2*18-21(19,20)15-11-5-7-12-6-4-10-14(16(12)15)17-13-8-2-1-3-9-13;/h2*1-11,17H,(H,18,19,20);/q;;+2/p-2. The van der Waals surface area contributed by atoms with E-state index >= 15 is 0 Å². The van der Waals surface area contributed by atoms with Crippen molar-refractivity contribution in [2.75, 3.05) is 10.6 Å². The summed E-state index contributed by atoms with van der Waals surface area (Å²) in [7, 11) is -9.07. The zero-order valence-corrected chi connectivity index (χ0v) is 25.7. The van der Waals surface area contributed by atoms with Gasteiger partial charge in [0.2, 0.25) is 0 Å². The van der Waals surface area contributed by atoms with Crippen LogP contribution in [0.2, 0.25) is 0 Å². The minimum absolute atomic E-state index is 0. The van der Waals surface area contributed by atoms with Gasteiger partial charge in [0.1, 0.15) is 20.2 Å². The molecule has 43 heavy (non-hydrogen) atoms. The number of hydrogen-bond acceptors (Lipinski definition) is 8. The van der Waals surface area contributed by atoms with Crippen LogP contribution in [0.4, 0.5) is 22.7 Å². The fourth-order valence-electron chi connectivity index (χ4n) is 4.59. The second-order valence-corrected chi connectivity index (χ2v) is 11.9. The van der Waals surface area contributed by atoms with Crippen molar-refractivity contribution in [1.82, 2.24) is 0 Å². The van der Waals surface area contributed by atoms with Crippen LogP contribution < -0.4 is 10.6 Å². The Morgan fingerprint density at radius 2 is 0.744 bits per heavy atom. The molecule has 11 heteroatoms. The van der Waals surface area contributed by atoms with Crippen LogP contribution in [0.25, 0.3) is 21.5 Å². The minimum Gasteiger partial charge on any atom is -0.744 e. The van der Waals surface area contributed by atoms with Crippen LogP contribution in [-0.2, 0) is 20.2 Å². The molecule has 6 rings (SSSR count). The van der Waals surface area contributed by atoms with Crippen molar-refractivity contribution in [3.63, 3.8) is 0 Å². The molecule has 0 fully saturated rings. The van der Waals surface area contributed by atoms with Gasteiger partial charge in [0.25, 0.3) is 0 Å². The summed E-state index contributed by atoms with van der Waals surface area (Å²) in [6, 6.07) is 38.8. The molecule has 212 valence electrons. The van der Waals surface area contributed by atoms with Crippen molar-refractivity contribution < 1.29 is 25.9 Å². The summed E-state index contributed by atoms with van der Waals surface area (Å²) < 4.78 is 68.8. The maximum atomic E-state index is 11.5.